The molecule has 0 aliphatic heterocycles. The zero-order valence-corrected chi connectivity index (χ0v) is 18.0. The zero-order chi connectivity index (χ0) is 23.1. The second-order valence-corrected chi connectivity index (χ2v) is 7.78. The van der Waals surface area contributed by atoms with Crippen molar-refractivity contribution in [2.24, 2.45) is 0 Å². The summed E-state index contributed by atoms with van der Waals surface area (Å²) in [5.41, 5.74) is 3.05. The predicted molar refractivity (Wildman–Crippen MR) is 121 cm³/mol. The lowest BCUT2D eigenvalue weighted by molar-refractivity contribution is -0.120. The summed E-state index contributed by atoms with van der Waals surface area (Å²) in [5.74, 6) is -0.708. The molecule has 3 aromatic rings. The molecule has 0 saturated carbocycles. The summed E-state index contributed by atoms with van der Waals surface area (Å²) >= 11 is 0. The standard InChI is InChI=1S/C26H24FN3O2/c1-18(2)29-25(31)15-21-4-3-5-24(14-21)30(17-20-8-12-23(27)13-9-20)26(32)22-10-6-19(16-28)7-11-22/h3-14,18H,15,17H2,1-2H3,(H,29,31). The van der Waals surface area contributed by atoms with Crippen LogP contribution in [0.15, 0.2) is 72.8 Å². The normalized spacial score (nSPS) is 10.5. The quantitative estimate of drug-likeness (QED) is 0.596. The van der Waals surface area contributed by atoms with E-state index in [1.807, 2.05) is 32.0 Å². The van der Waals surface area contributed by atoms with Crippen molar-refractivity contribution in [3.63, 3.8) is 0 Å². The highest BCUT2D eigenvalue weighted by Gasteiger charge is 2.19. The molecule has 0 fully saturated rings. The van der Waals surface area contributed by atoms with Gasteiger partial charge in [-0.2, -0.15) is 5.26 Å². The van der Waals surface area contributed by atoms with Crippen LogP contribution in [0.5, 0.6) is 0 Å². The fourth-order valence-corrected chi connectivity index (χ4v) is 3.29. The average Bonchev–Trinajstić information content (AvgIpc) is 2.78. The van der Waals surface area contributed by atoms with Gasteiger partial charge in [-0.15, -0.1) is 0 Å². The number of carbonyl (C=O) groups excluding carboxylic acids is 2. The van der Waals surface area contributed by atoms with Crippen LogP contribution in [0.4, 0.5) is 10.1 Å². The first-order valence-electron chi connectivity index (χ1n) is 10.3. The lowest BCUT2D eigenvalue weighted by Crippen LogP contribution is -2.32. The first-order chi connectivity index (χ1) is 15.4. The van der Waals surface area contributed by atoms with Crippen molar-refractivity contribution in [2.75, 3.05) is 4.90 Å². The molecule has 162 valence electrons. The molecule has 0 unspecified atom stereocenters. The SMILES string of the molecule is CC(C)NC(=O)Cc1cccc(N(Cc2ccc(F)cc2)C(=O)c2ccc(C#N)cc2)c1. The Kier molecular flexibility index (Phi) is 7.35. The molecule has 3 rings (SSSR count). The zero-order valence-electron chi connectivity index (χ0n) is 18.0. The first kappa shape index (κ1) is 22.7. The van der Waals surface area contributed by atoms with E-state index in [1.165, 1.54) is 12.1 Å². The Morgan fingerprint density at radius 1 is 1.00 bits per heavy atom. The van der Waals surface area contributed by atoms with Gasteiger partial charge >= 0.3 is 0 Å². The molecule has 0 aromatic heterocycles. The van der Waals surface area contributed by atoms with Crippen molar-refractivity contribution in [3.05, 3.63) is 101 Å². The van der Waals surface area contributed by atoms with Crippen LogP contribution >= 0.6 is 0 Å². The number of carbonyl (C=O) groups is 2. The van der Waals surface area contributed by atoms with E-state index >= 15 is 0 Å². The number of hydrogen-bond acceptors (Lipinski definition) is 3. The molecule has 0 radical (unpaired) electrons. The van der Waals surface area contributed by atoms with E-state index in [1.54, 1.807) is 53.4 Å². The maximum absolute atomic E-state index is 13.4. The van der Waals surface area contributed by atoms with E-state index in [4.69, 9.17) is 5.26 Å². The maximum atomic E-state index is 13.4. The van der Waals surface area contributed by atoms with Crippen molar-refractivity contribution in [1.82, 2.24) is 5.32 Å². The van der Waals surface area contributed by atoms with Gasteiger partial charge in [0, 0.05) is 17.3 Å². The number of amides is 2. The van der Waals surface area contributed by atoms with Crippen LogP contribution in [-0.2, 0) is 17.8 Å². The lowest BCUT2D eigenvalue weighted by atomic mass is 10.1. The van der Waals surface area contributed by atoms with E-state index in [2.05, 4.69) is 5.32 Å². The molecule has 2 amide bonds. The minimum atomic E-state index is -0.350. The Bertz CT molecular complexity index is 1130. The first-order valence-corrected chi connectivity index (χ1v) is 10.3. The van der Waals surface area contributed by atoms with E-state index in [0.717, 1.165) is 11.1 Å². The summed E-state index contributed by atoms with van der Waals surface area (Å²) in [4.78, 5) is 27.2. The third-order valence-corrected chi connectivity index (χ3v) is 4.80. The van der Waals surface area contributed by atoms with Gasteiger partial charge < -0.3 is 10.2 Å². The maximum Gasteiger partial charge on any atom is 0.258 e. The molecule has 0 bridgehead atoms. The van der Waals surface area contributed by atoms with Gasteiger partial charge in [-0.1, -0.05) is 24.3 Å². The molecule has 0 aliphatic rings. The van der Waals surface area contributed by atoms with Crippen molar-refractivity contribution in [2.45, 2.75) is 32.9 Å². The Hall–Kier alpha value is -3.98. The van der Waals surface area contributed by atoms with E-state index < -0.39 is 0 Å². The Morgan fingerprint density at radius 2 is 1.69 bits per heavy atom. The average molecular weight is 429 g/mol. The topological polar surface area (TPSA) is 73.2 Å². The van der Waals surface area contributed by atoms with Crippen LogP contribution in [0.3, 0.4) is 0 Å². The highest BCUT2D eigenvalue weighted by Crippen LogP contribution is 2.22. The van der Waals surface area contributed by atoms with Gasteiger partial charge in [-0.05, 0) is 73.5 Å². The van der Waals surface area contributed by atoms with Crippen LogP contribution in [0, 0.1) is 17.1 Å². The number of anilines is 1. The molecular weight excluding hydrogens is 405 g/mol. The van der Waals surface area contributed by atoms with Crippen LogP contribution < -0.4 is 10.2 Å². The molecule has 6 heteroatoms. The van der Waals surface area contributed by atoms with Gasteiger partial charge in [-0.3, -0.25) is 9.59 Å². The van der Waals surface area contributed by atoms with Gasteiger partial charge in [0.2, 0.25) is 5.91 Å². The molecule has 0 aliphatic carbocycles. The minimum Gasteiger partial charge on any atom is -0.354 e. The Balaban J connectivity index is 1.93. The minimum absolute atomic E-state index is 0.0404. The summed E-state index contributed by atoms with van der Waals surface area (Å²) in [6, 6.07) is 21.7. The second kappa shape index (κ2) is 10.4. The third-order valence-electron chi connectivity index (χ3n) is 4.80. The van der Waals surface area contributed by atoms with Crippen molar-refractivity contribution >= 4 is 17.5 Å². The number of hydrogen-bond donors (Lipinski definition) is 1. The molecule has 0 atom stereocenters. The molecular formula is C26H24FN3O2. The van der Waals surface area contributed by atoms with Gasteiger partial charge in [-0.25, -0.2) is 4.39 Å². The molecule has 0 saturated heterocycles. The van der Waals surface area contributed by atoms with Crippen LogP contribution in [0.2, 0.25) is 0 Å². The van der Waals surface area contributed by atoms with Gasteiger partial charge in [0.05, 0.1) is 24.6 Å². The summed E-state index contributed by atoms with van der Waals surface area (Å²) in [5, 5.41) is 11.9. The molecule has 1 N–H and O–H groups in total. The van der Waals surface area contributed by atoms with Gasteiger partial charge in [0.25, 0.3) is 5.91 Å². The Labute approximate surface area is 187 Å². The van der Waals surface area contributed by atoms with Crippen molar-refractivity contribution in [1.29, 1.82) is 5.26 Å². The van der Waals surface area contributed by atoms with Crippen LogP contribution in [0.1, 0.15) is 40.9 Å². The summed E-state index contributed by atoms with van der Waals surface area (Å²) in [7, 11) is 0. The smallest absolute Gasteiger partial charge is 0.258 e. The van der Waals surface area contributed by atoms with Gasteiger partial charge in [0.15, 0.2) is 0 Å². The number of nitriles is 1. The van der Waals surface area contributed by atoms with E-state index in [-0.39, 0.29) is 36.6 Å². The van der Waals surface area contributed by atoms with E-state index in [0.29, 0.717) is 16.8 Å². The monoisotopic (exact) mass is 429 g/mol. The molecule has 3 aromatic carbocycles. The number of nitrogens with one attached hydrogen (secondary N) is 1. The highest BCUT2D eigenvalue weighted by atomic mass is 19.1. The number of benzene rings is 3. The Morgan fingerprint density at radius 3 is 2.31 bits per heavy atom. The summed E-state index contributed by atoms with van der Waals surface area (Å²) < 4.78 is 13.4. The third kappa shape index (κ3) is 6.02. The van der Waals surface area contributed by atoms with Crippen LogP contribution in [-0.4, -0.2) is 17.9 Å². The number of nitrogens with zero attached hydrogens (tertiary/aromatic N) is 2. The van der Waals surface area contributed by atoms with Gasteiger partial charge in [0.1, 0.15) is 5.82 Å². The fourth-order valence-electron chi connectivity index (χ4n) is 3.29. The second-order valence-electron chi connectivity index (χ2n) is 7.78. The highest BCUT2D eigenvalue weighted by molar-refractivity contribution is 6.06. The number of rotatable bonds is 7. The lowest BCUT2D eigenvalue weighted by Gasteiger charge is -2.24. The predicted octanol–water partition coefficient (Wildman–Crippen LogP) is 4.61. The van der Waals surface area contributed by atoms with Crippen molar-refractivity contribution < 1.29 is 14.0 Å². The largest absolute Gasteiger partial charge is 0.354 e. The van der Waals surface area contributed by atoms with E-state index in [9.17, 15) is 14.0 Å². The number of halogens is 1. The molecule has 0 heterocycles. The fraction of sp³-hybridized carbons (Fsp3) is 0.192. The summed E-state index contributed by atoms with van der Waals surface area (Å²) in [6.45, 7) is 4.02. The molecule has 0 spiro atoms. The van der Waals surface area contributed by atoms with Crippen LogP contribution in [0.25, 0.3) is 0 Å². The van der Waals surface area contributed by atoms with Crippen molar-refractivity contribution in [3.8, 4) is 6.07 Å². The summed E-state index contributed by atoms with van der Waals surface area (Å²) in [6.07, 6.45) is 0.196. The molecule has 32 heavy (non-hydrogen) atoms. The molecule has 5 nitrogen and oxygen atoms in total.